The third-order valence-electron chi connectivity index (χ3n) is 3.13. The number of nitrogens with one attached hydrogen (secondary N) is 1. The molecule has 1 N–H and O–H groups in total. The van der Waals surface area contributed by atoms with Gasteiger partial charge in [-0.1, -0.05) is 62.3 Å². The number of carbonyl (C=O) groups excluding carboxylic acids is 2. The van der Waals surface area contributed by atoms with Crippen molar-refractivity contribution in [2.45, 2.75) is 85.1 Å². The lowest BCUT2D eigenvalue weighted by Gasteiger charge is -1.97. The van der Waals surface area contributed by atoms with Crippen LogP contribution in [-0.2, 0) is 33.3 Å². The number of rotatable bonds is 7. The van der Waals surface area contributed by atoms with E-state index in [2.05, 4.69) is 26.5 Å². The molecule has 9 nitrogen and oxygen atoms in total. The van der Waals surface area contributed by atoms with Crippen molar-refractivity contribution < 1.29 is 38.0 Å². The summed E-state index contributed by atoms with van der Waals surface area (Å²) < 4.78 is 27.5. The van der Waals surface area contributed by atoms with E-state index in [4.69, 9.17) is 14.2 Å². The van der Waals surface area contributed by atoms with Gasteiger partial charge in [0, 0.05) is 76.3 Å². The van der Waals surface area contributed by atoms with E-state index in [9.17, 15) is 9.59 Å². The Morgan fingerprint density at radius 1 is 0.700 bits per heavy atom. The van der Waals surface area contributed by atoms with E-state index in [1.54, 1.807) is 49.7 Å². The van der Waals surface area contributed by atoms with Gasteiger partial charge >= 0.3 is 5.97 Å². The zero-order chi connectivity index (χ0) is 27.6. The van der Waals surface area contributed by atoms with Crippen LogP contribution in [0.3, 0.4) is 0 Å². The molecule has 0 heterocycles. The van der Waals surface area contributed by atoms with Crippen molar-refractivity contribution in [1.29, 1.82) is 0 Å². The molecule has 252 valence electrons. The van der Waals surface area contributed by atoms with Gasteiger partial charge in [0.15, 0.2) is 0 Å². The topological polar surface area (TPSA) is 102 Å². The Hall–Kier alpha value is -2.20. The summed E-state index contributed by atoms with van der Waals surface area (Å²) in [6.45, 7) is 9.37. The van der Waals surface area contributed by atoms with Crippen LogP contribution in [-0.4, -0.2) is 88.5 Å². The van der Waals surface area contributed by atoms with E-state index in [0.29, 0.717) is 0 Å². The van der Waals surface area contributed by atoms with Crippen LogP contribution in [0.1, 0.15) is 83.7 Å². The Balaban J connectivity index is -0.0000000282. The van der Waals surface area contributed by atoms with Gasteiger partial charge in [-0.05, 0) is 38.8 Å². The minimum atomic E-state index is -0.245. The Morgan fingerprint density at radius 3 is 1.12 bits per heavy atom. The van der Waals surface area contributed by atoms with Crippen molar-refractivity contribution in [2.75, 3.05) is 76.6 Å². The van der Waals surface area contributed by atoms with Crippen LogP contribution in [0.15, 0.2) is 24.3 Å². The Bertz CT molecular complexity index is 477. The van der Waals surface area contributed by atoms with Crippen LogP contribution in [0.25, 0.3) is 0 Å². The minimum absolute atomic E-state index is 0. The van der Waals surface area contributed by atoms with Gasteiger partial charge < -0.3 is 33.7 Å². The second kappa shape index (κ2) is 70.9. The van der Waals surface area contributed by atoms with E-state index < -0.39 is 0 Å². The standard InChI is InChI=1S/C8H10O.C6H14O2.C3H7NO.C3H6O2.C3H8O.C2H6O.6CH4/c1-7-3-5-8(9-2)6-4-7;1-7-5-3-4-6-8-2;1-3(5)4-2;1-3(4)5-2;1-3-4-2;1-3-2;;;;;;/h3-6H,1-2H3;3-6H2,1-2H3;1-2H3,(H,4,5);1-2H3;3H2,1-2H3;1-2H3;6*1H4. The highest BCUT2D eigenvalue weighted by molar-refractivity contribution is 5.72. The molecule has 1 rings (SSSR count). The van der Waals surface area contributed by atoms with E-state index >= 15 is 0 Å². The normalized spacial score (nSPS) is 6.90. The number of methoxy groups -OCH3 is 6. The number of carbonyl (C=O) groups is 2. The van der Waals surface area contributed by atoms with Crippen molar-refractivity contribution in [3.8, 4) is 5.75 Å². The van der Waals surface area contributed by atoms with Gasteiger partial charge in [-0.2, -0.15) is 0 Å². The summed E-state index contributed by atoms with van der Waals surface area (Å²) in [7, 11) is 13.0. The van der Waals surface area contributed by atoms with E-state index in [1.165, 1.54) is 26.5 Å². The van der Waals surface area contributed by atoms with E-state index in [0.717, 1.165) is 38.4 Å². The van der Waals surface area contributed by atoms with Crippen LogP contribution < -0.4 is 10.1 Å². The number of hydrogen-bond acceptors (Lipinski definition) is 8. The maximum atomic E-state index is 9.70. The Labute approximate surface area is 252 Å². The molecule has 0 unspecified atom stereocenters. The lowest BCUT2D eigenvalue weighted by molar-refractivity contribution is -0.138. The lowest BCUT2D eigenvalue weighted by atomic mass is 10.2. The van der Waals surface area contributed by atoms with Gasteiger partial charge in [-0.15, -0.1) is 0 Å². The molecule has 0 atom stereocenters. The molecule has 0 radical (unpaired) electrons. The highest BCUT2D eigenvalue weighted by Crippen LogP contribution is 2.09. The van der Waals surface area contributed by atoms with Crippen molar-refractivity contribution in [1.82, 2.24) is 5.32 Å². The van der Waals surface area contributed by atoms with Gasteiger partial charge in [0.05, 0.1) is 14.2 Å². The molecule has 1 amide bonds. The monoisotopic (exact) mass is 590 g/mol. The third kappa shape index (κ3) is 111. The molecule has 9 heteroatoms. The van der Waals surface area contributed by atoms with Gasteiger partial charge in [-0.3, -0.25) is 9.59 Å². The number of esters is 1. The minimum Gasteiger partial charge on any atom is -0.497 e. The molecule has 0 bridgehead atoms. The molecular weight excluding hydrogens is 514 g/mol. The molecule has 0 aliphatic heterocycles. The summed E-state index contributed by atoms with van der Waals surface area (Å²) >= 11 is 0. The summed E-state index contributed by atoms with van der Waals surface area (Å²) in [6, 6.07) is 7.96. The molecule has 1 aromatic rings. The Kier molecular flexibility index (Phi) is 126. The smallest absolute Gasteiger partial charge is 0.302 e. The maximum absolute atomic E-state index is 9.70. The van der Waals surface area contributed by atoms with Crippen LogP contribution in [0.2, 0.25) is 0 Å². The van der Waals surface area contributed by atoms with Crippen molar-refractivity contribution in [2.24, 2.45) is 0 Å². The largest absolute Gasteiger partial charge is 0.497 e. The number of benzene rings is 1. The maximum Gasteiger partial charge on any atom is 0.302 e. The lowest BCUT2D eigenvalue weighted by Crippen LogP contribution is -2.11. The molecule has 40 heavy (non-hydrogen) atoms. The van der Waals surface area contributed by atoms with Gasteiger partial charge in [-0.25, -0.2) is 0 Å². The predicted octanol–water partition coefficient (Wildman–Crippen LogP) is 7.73. The molecule has 0 spiro atoms. The SMILES string of the molecule is C.C.C.C.C.C.CCOC.CNC(C)=O.COC.COC(C)=O.COCCCCOC.COc1ccc(C)cc1. The summed E-state index contributed by atoms with van der Waals surface area (Å²) in [4.78, 5) is 19.3. The first kappa shape index (κ1) is 71.3. The van der Waals surface area contributed by atoms with Crippen molar-refractivity contribution in [3.05, 3.63) is 29.8 Å². The van der Waals surface area contributed by atoms with Gasteiger partial charge in [0.1, 0.15) is 5.75 Å². The second-order valence-corrected chi connectivity index (χ2v) is 6.20. The zero-order valence-corrected chi connectivity index (χ0v) is 23.6. The molecule has 1 aromatic carbocycles. The van der Waals surface area contributed by atoms with Crippen LogP contribution >= 0.6 is 0 Å². The van der Waals surface area contributed by atoms with Gasteiger partial charge in [0.25, 0.3) is 0 Å². The summed E-state index contributed by atoms with van der Waals surface area (Å²) in [5.41, 5.74) is 1.26. The molecule has 0 aliphatic carbocycles. The fourth-order valence-corrected chi connectivity index (χ4v) is 1.17. The highest BCUT2D eigenvalue weighted by Gasteiger charge is 1.85. The third-order valence-corrected chi connectivity index (χ3v) is 3.13. The molecule has 0 saturated heterocycles. The quantitative estimate of drug-likeness (QED) is 0.255. The molecule has 0 saturated carbocycles. The van der Waals surface area contributed by atoms with Crippen LogP contribution in [0, 0.1) is 6.92 Å². The number of unbranched alkanes of at least 4 members (excludes halogenated alkanes) is 1. The number of amides is 1. The average Bonchev–Trinajstić information content (AvgIpc) is 2.84. The first-order chi connectivity index (χ1) is 16.1. The first-order valence-corrected chi connectivity index (χ1v) is 10.8. The fraction of sp³-hybridized carbons (Fsp3) is 0.742. The highest BCUT2D eigenvalue weighted by atomic mass is 16.5. The van der Waals surface area contributed by atoms with E-state index in [1.807, 2.05) is 31.2 Å². The first-order valence-electron chi connectivity index (χ1n) is 10.8. The fourth-order valence-electron chi connectivity index (χ4n) is 1.17. The van der Waals surface area contributed by atoms with Crippen LogP contribution in [0.4, 0.5) is 0 Å². The number of ether oxygens (including phenoxy) is 6. The summed E-state index contributed by atoms with van der Waals surface area (Å²) in [5, 5.41) is 2.39. The molecular formula is C31H75NO8. The zero-order valence-electron chi connectivity index (χ0n) is 23.6. The van der Waals surface area contributed by atoms with E-state index in [-0.39, 0.29) is 56.4 Å². The Morgan fingerprint density at radius 2 is 0.975 bits per heavy atom. The average molecular weight is 590 g/mol. The predicted molar refractivity (Wildman–Crippen MR) is 179 cm³/mol. The summed E-state index contributed by atoms with van der Waals surface area (Å²) in [6.07, 6.45) is 2.20. The van der Waals surface area contributed by atoms with Gasteiger partial charge in [0.2, 0.25) is 5.91 Å². The number of hydrogen-bond donors (Lipinski definition) is 1. The van der Waals surface area contributed by atoms with Crippen LogP contribution in [0.5, 0.6) is 5.75 Å². The van der Waals surface area contributed by atoms with Crippen molar-refractivity contribution in [3.63, 3.8) is 0 Å². The second-order valence-electron chi connectivity index (χ2n) is 6.20. The number of aryl methyl sites for hydroxylation is 1. The molecule has 0 aliphatic rings. The van der Waals surface area contributed by atoms with Crippen molar-refractivity contribution >= 4 is 11.9 Å². The molecule has 0 aromatic heterocycles. The molecule has 0 fully saturated rings. The summed E-state index contributed by atoms with van der Waals surface area (Å²) in [5.74, 6) is 0.676.